The molecule has 8 nitrogen and oxygen atoms in total. The van der Waals surface area contributed by atoms with Crippen molar-refractivity contribution < 1.29 is 9.72 Å². The molecule has 0 fully saturated rings. The maximum atomic E-state index is 11.6. The van der Waals surface area contributed by atoms with Crippen LogP contribution in [-0.2, 0) is 0 Å². The SMILES string of the molecule is CC(=O)c1cccc(Nc2ncnc(Nc3ccc(Br)cc3)c2[N+](=O)[O-])c1. The molecular weight excluding hydrogens is 414 g/mol. The van der Waals surface area contributed by atoms with Crippen LogP contribution in [0.2, 0.25) is 0 Å². The van der Waals surface area contributed by atoms with Gasteiger partial charge >= 0.3 is 5.69 Å². The van der Waals surface area contributed by atoms with Crippen molar-refractivity contribution in [2.24, 2.45) is 0 Å². The fourth-order valence-corrected chi connectivity index (χ4v) is 2.62. The summed E-state index contributed by atoms with van der Waals surface area (Å²) in [5, 5.41) is 17.5. The van der Waals surface area contributed by atoms with Crippen molar-refractivity contribution in [1.29, 1.82) is 0 Å². The minimum absolute atomic E-state index is 0.0234. The molecule has 2 N–H and O–H groups in total. The third-order valence-electron chi connectivity index (χ3n) is 3.64. The Labute approximate surface area is 162 Å². The van der Waals surface area contributed by atoms with E-state index >= 15 is 0 Å². The summed E-state index contributed by atoms with van der Waals surface area (Å²) in [7, 11) is 0. The van der Waals surface area contributed by atoms with Gasteiger partial charge in [-0.25, -0.2) is 9.97 Å². The number of carbonyl (C=O) groups excluding carboxylic acids is 1. The van der Waals surface area contributed by atoms with E-state index in [1.54, 1.807) is 36.4 Å². The molecule has 0 atom stereocenters. The van der Waals surface area contributed by atoms with Crippen LogP contribution in [0, 0.1) is 10.1 Å². The van der Waals surface area contributed by atoms with E-state index in [2.05, 4.69) is 36.5 Å². The first-order valence-electron chi connectivity index (χ1n) is 7.84. The highest BCUT2D eigenvalue weighted by molar-refractivity contribution is 9.10. The molecule has 0 aliphatic carbocycles. The zero-order chi connectivity index (χ0) is 19.4. The van der Waals surface area contributed by atoms with Crippen molar-refractivity contribution in [3.8, 4) is 0 Å². The van der Waals surface area contributed by atoms with Gasteiger partial charge < -0.3 is 10.6 Å². The van der Waals surface area contributed by atoms with Crippen molar-refractivity contribution in [2.45, 2.75) is 6.92 Å². The number of rotatable bonds is 6. The molecule has 0 aliphatic heterocycles. The van der Waals surface area contributed by atoms with Crippen LogP contribution in [0.15, 0.2) is 59.3 Å². The monoisotopic (exact) mass is 427 g/mol. The number of hydrogen-bond acceptors (Lipinski definition) is 7. The zero-order valence-corrected chi connectivity index (χ0v) is 15.7. The number of nitrogens with zero attached hydrogens (tertiary/aromatic N) is 3. The summed E-state index contributed by atoms with van der Waals surface area (Å²) in [4.78, 5) is 30.6. The molecule has 27 heavy (non-hydrogen) atoms. The maximum absolute atomic E-state index is 11.6. The van der Waals surface area contributed by atoms with Crippen LogP contribution in [-0.4, -0.2) is 20.7 Å². The second-order valence-electron chi connectivity index (χ2n) is 5.57. The summed E-state index contributed by atoms with van der Waals surface area (Å²) in [5.41, 5.74) is 1.35. The van der Waals surface area contributed by atoms with E-state index in [0.717, 1.165) is 4.47 Å². The summed E-state index contributed by atoms with van der Waals surface area (Å²) < 4.78 is 0.887. The summed E-state index contributed by atoms with van der Waals surface area (Å²) in [6.07, 6.45) is 1.23. The van der Waals surface area contributed by atoms with Crippen LogP contribution in [0.5, 0.6) is 0 Å². The van der Waals surface area contributed by atoms with Crippen LogP contribution >= 0.6 is 15.9 Å². The number of anilines is 4. The molecule has 3 aromatic rings. The fraction of sp³-hybridized carbons (Fsp3) is 0.0556. The number of benzene rings is 2. The van der Waals surface area contributed by atoms with Crippen molar-refractivity contribution >= 4 is 50.4 Å². The van der Waals surface area contributed by atoms with Crippen molar-refractivity contribution in [3.05, 3.63) is 75.0 Å². The van der Waals surface area contributed by atoms with Crippen molar-refractivity contribution in [3.63, 3.8) is 0 Å². The predicted molar refractivity (Wildman–Crippen MR) is 106 cm³/mol. The van der Waals surface area contributed by atoms with Gasteiger partial charge in [0.2, 0.25) is 11.6 Å². The number of carbonyl (C=O) groups is 1. The molecule has 0 spiro atoms. The lowest BCUT2D eigenvalue weighted by Gasteiger charge is -2.10. The Morgan fingerprint density at radius 1 is 1.04 bits per heavy atom. The van der Waals surface area contributed by atoms with E-state index in [1.165, 1.54) is 13.3 Å². The van der Waals surface area contributed by atoms with E-state index in [0.29, 0.717) is 16.9 Å². The first-order chi connectivity index (χ1) is 12.9. The molecule has 0 bridgehead atoms. The van der Waals surface area contributed by atoms with E-state index in [4.69, 9.17) is 0 Å². The number of nitrogens with one attached hydrogen (secondary N) is 2. The Kier molecular flexibility index (Phi) is 5.41. The predicted octanol–water partition coefficient (Wildman–Crippen LogP) is 4.84. The molecule has 136 valence electrons. The normalized spacial score (nSPS) is 10.3. The molecule has 0 saturated carbocycles. The quantitative estimate of drug-likeness (QED) is 0.329. The minimum Gasteiger partial charge on any atom is -0.334 e. The Morgan fingerprint density at radius 3 is 2.26 bits per heavy atom. The largest absolute Gasteiger partial charge is 0.353 e. The molecule has 0 amide bonds. The van der Waals surface area contributed by atoms with Gasteiger partial charge in [0.05, 0.1) is 4.92 Å². The highest BCUT2D eigenvalue weighted by Crippen LogP contribution is 2.33. The number of nitro groups is 1. The second kappa shape index (κ2) is 7.92. The Morgan fingerprint density at radius 2 is 1.67 bits per heavy atom. The van der Waals surface area contributed by atoms with Gasteiger partial charge in [0.25, 0.3) is 0 Å². The molecule has 1 aromatic heterocycles. The Bertz CT molecular complexity index is 1010. The van der Waals surface area contributed by atoms with Crippen molar-refractivity contribution in [2.75, 3.05) is 10.6 Å². The van der Waals surface area contributed by atoms with Gasteiger partial charge in [-0.1, -0.05) is 28.1 Å². The number of Topliss-reactive ketones (excluding diaryl/α,β-unsaturated/α-hetero) is 1. The highest BCUT2D eigenvalue weighted by Gasteiger charge is 2.23. The Balaban J connectivity index is 1.96. The molecule has 3 rings (SSSR count). The van der Waals surface area contributed by atoms with E-state index in [1.807, 2.05) is 12.1 Å². The summed E-state index contributed by atoms with van der Waals surface area (Å²) in [5.74, 6) is -0.0220. The first kappa shape index (κ1) is 18.5. The molecular formula is C18H14BrN5O3. The second-order valence-corrected chi connectivity index (χ2v) is 6.49. The minimum atomic E-state index is -0.557. The third kappa shape index (κ3) is 4.45. The first-order valence-corrected chi connectivity index (χ1v) is 8.63. The van der Waals surface area contributed by atoms with Crippen LogP contribution in [0.1, 0.15) is 17.3 Å². The van der Waals surface area contributed by atoms with E-state index in [9.17, 15) is 14.9 Å². The van der Waals surface area contributed by atoms with Crippen LogP contribution in [0.4, 0.5) is 28.7 Å². The average molecular weight is 428 g/mol. The van der Waals surface area contributed by atoms with E-state index < -0.39 is 4.92 Å². The highest BCUT2D eigenvalue weighted by atomic mass is 79.9. The summed E-state index contributed by atoms with van der Waals surface area (Å²) in [6, 6.07) is 13.8. The molecule has 0 unspecified atom stereocenters. The molecule has 9 heteroatoms. The number of ketones is 1. The topological polar surface area (TPSA) is 110 Å². The van der Waals surface area contributed by atoms with Gasteiger partial charge in [-0.3, -0.25) is 14.9 Å². The van der Waals surface area contributed by atoms with Gasteiger partial charge in [0.15, 0.2) is 5.78 Å². The lowest BCUT2D eigenvalue weighted by Crippen LogP contribution is -2.06. The maximum Gasteiger partial charge on any atom is 0.353 e. The van der Waals surface area contributed by atoms with Crippen molar-refractivity contribution in [1.82, 2.24) is 9.97 Å². The fourth-order valence-electron chi connectivity index (χ4n) is 2.36. The standard InChI is InChI=1S/C18H14BrN5O3/c1-11(25)12-3-2-4-15(9-12)23-18-16(24(26)27)17(20-10-21-18)22-14-7-5-13(19)6-8-14/h2-10H,1H3,(H2,20,21,22,23). The molecule has 2 aromatic carbocycles. The zero-order valence-electron chi connectivity index (χ0n) is 14.1. The van der Waals surface area contributed by atoms with Gasteiger partial charge in [0.1, 0.15) is 6.33 Å². The lowest BCUT2D eigenvalue weighted by molar-refractivity contribution is -0.383. The number of halogens is 1. The number of aromatic nitrogens is 2. The van der Waals surface area contributed by atoms with Gasteiger partial charge in [-0.15, -0.1) is 0 Å². The van der Waals surface area contributed by atoms with Crippen LogP contribution < -0.4 is 10.6 Å². The molecule has 0 radical (unpaired) electrons. The van der Waals surface area contributed by atoms with Crippen LogP contribution in [0.25, 0.3) is 0 Å². The summed E-state index contributed by atoms with van der Waals surface area (Å²) >= 11 is 3.34. The molecule has 0 aliphatic rings. The van der Waals surface area contributed by atoms with Gasteiger partial charge in [0, 0.05) is 21.4 Å². The smallest absolute Gasteiger partial charge is 0.334 e. The number of hydrogen-bond donors (Lipinski definition) is 2. The molecule has 0 saturated heterocycles. The van der Waals surface area contributed by atoms with Crippen LogP contribution in [0.3, 0.4) is 0 Å². The third-order valence-corrected chi connectivity index (χ3v) is 4.17. The van der Waals surface area contributed by atoms with Gasteiger partial charge in [-0.2, -0.15) is 0 Å². The average Bonchev–Trinajstić information content (AvgIpc) is 2.64. The van der Waals surface area contributed by atoms with Gasteiger partial charge in [-0.05, 0) is 43.3 Å². The van der Waals surface area contributed by atoms with E-state index in [-0.39, 0.29) is 23.1 Å². The molecule has 1 heterocycles. The Hall–Kier alpha value is -3.33. The lowest BCUT2D eigenvalue weighted by atomic mass is 10.1. The summed E-state index contributed by atoms with van der Waals surface area (Å²) in [6.45, 7) is 1.45.